The van der Waals surface area contributed by atoms with Gasteiger partial charge in [0.2, 0.25) is 0 Å². The van der Waals surface area contributed by atoms with Crippen LogP contribution in [0.5, 0.6) is 0 Å². The molecular formula is C20H21FN4O3. The summed E-state index contributed by atoms with van der Waals surface area (Å²) in [4.78, 5) is 12.4. The largest absolute Gasteiger partial charge is 0.365 e. The minimum Gasteiger partial charge on any atom is -0.365 e. The van der Waals surface area contributed by atoms with E-state index in [1.54, 1.807) is 22.9 Å². The summed E-state index contributed by atoms with van der Waals surface area (Å²) in [5.41, 5.74) is 3.94. The fraction of sp³-hybridized carbons (Fsp3) is 0.350. The second kappa shape index (κ2) is 7.55. The van der Waals surface area contributed by atoms with Gasteiger partial charge in [0.25, 0.3) is 5.91 Å². The van der Waals surface area contributed by atoms with E-state index in [4.69, 9.17) is 9.26 Å². The molecule has 0 fully saturated rings. The van der Waals surface area contributed by atoms with Crippen molar-refractivity contribution in [3.05, 3.63) is 70.1 Å². The molecule has 0 unspecified atom stereocenters. The van der Waals surface area contributed by atoms with Crippen LogP contribution >= 0.6 is 0 Å². The van der Waals surface area contributed by atoms with Gasteiger partial charge in [-0.2, -0.15) is 5.10 Å². The number of fused-ring (bicyclic) bond motifs is 1. The Labute approximate surface area is 161 Å². The van der Waals surface area contributed by atoms with Crippen LogP contribution in [0.15, 0.2) is 34.9 Å². The van der Waals surface area contributed by atoms with Gasteiger partial charge in [-0.25, -0.2) is 4.39 Å². The molecule has 0 saturated heterocycles. The zero-order valence-corrected chi connectivity index (χ0v) is 15.7. The smallest absolute Gasteiger partial charge is 0.271 e. The molecule has 1 amide bonds. The van der Waals surface area contributed by atoms with Gasteiger partial charge in [-0.15, -0.1) is 0 Å². The first-order chi connectivity index (χ1) is 13.5. The molecular weight excluding hydrogens is 363 g/mol. The van der Waals surface area contributed by atoms with Crippen molar-refractivity contribution in [2.75, 3.05) is 6.54 Å². The van der Waals surface area contributed by atoms with Crippen molar-refractivity contribution in [1.29, 1.82) is 0 Å². The molecule has 4 rings (SSSR count). The summed E-state index contributed by atoms with van der Waals surface area (Å²) in [7, 11) is 0. The van der Waals surface area contributed by atoms with Crippen LogP contribution in [0.1, 0.15) is 44.9 Å². The Kier molecular flexibility index (Phi) is 4.95. The summed E-state index contributed by atoms with van der Waals surface area (Å²) in [6.45, 7) is 5.04. The Balaban J connectivity index is 1.38. The van der Waals surface area contributed by atoms with E-state index in [0.717, 1.165) is 28.3 Å². The number of nitrogens with zero attached hydrogens (tertiary/aromatic N) is 3. The minimum atomic E-state index is -0.283. The van der Waals surface area contributed by atoms with Crippen LogP contribution in [0.3, 0.4) is 0 Å². The first-order valence-electron chi connectivity index (χ1n) is 9.15. The number of hydrogen-bond acceptors (Lipinski definition) is 5. The highest BCUT2D eigenvalue weighted by Gasteiger charge is 2.24. The molecule has 0 aliphatic carbocycles. The maximum atomic E-state index is 13.1. The van der Waals surface area contributed by atoms with Crippen molar-refractivity contribution in [1.82, 2.24) is 20.3 Å². The first-order valence-corrected chi connectivity index (χ1v) is 9.15. The number of hydrogen-bond donors (Lipinski definition) is 1. The Bertz CT molecular complexity index is 974. The number of carbonyl (C=O) groups excluding carboxylic acids is 1. The van der Waals surface area contributed by atoms with Crippen LogP contribution in [0, 0.1) is 19.7 Å². The Morgan fingerprint density at radius 1 is 1.32 bits per heavy atom. The number of aromatic nitrogens is 3. The van der Waals surface area contributed by atoms with E-state index < -0.39 is 0 Å². The fourth-order valence-corrected chi connectivity index (χ4v) is 3.37. The van der Waals surface area contributed by atoms with Crippen LogP contribution in [-0.4, -0.2) is 27.4 Å². The molecule has 3 heterocycles. The Hall–Kier alpha value is -3.00. The molecule has 3 aromatic rings. The molecule has 1 aromatic carbocycles. The lowest BCUT2D eigenvalue weighted by Crippen LogP contribution is -2.26. The van der Waals surface area contributed by atoms with Gasteiger partial charge >= 0.3 is 0 Å². The molecule has 2 aromatic heterocycles. The van der Waals surface area contributed by atoms with E-state index in [2.05, 4.69) is 15.6 Å². The maximum Gasteiger partial charge on any atom is 0.271 e. The molecule has 0 saturated carbocycles. The molecule has 1 atom stereocenters. The average molecular weight is 384 g/mol. The quantitative estimate of drug-likeness (QED) is 0.731. The Morgan fingerprint density at radius 3 is 2.82 bits per heavy atom. The van der Waals surface area contributed by atoms with Gasteiger partial charge in [0, 0.05) is 12.1 Å². The lowest BCUT2D eigenvalue weighted by molar-refractivity contribution is -0.00123. The van der Waals surface area contributed by atoms with E-state index in [-0.39, 0.29) is 17.8 Å². The normalized spacial score (nSPS) is 16.0. The summed E-state index contributed by atoms with van der Waals surface area (Å²) in [6, 6.07) is 7.98. The van der Waals surface area contributed by atoms with E-state index >= 15 is 0 Å². The van der Waals surface area contributed by atoms with E-state index in [1.807, 2.05) is 13.8 Å². The molecule has 7 nitrogen and oxygen atoms in total. The third-order valence-corrected chi connectivity index (χ3v) is 4.95. The second-order valence-corrected chi connectivity index (χ2v) is 6.86. The molecule has 28 heavy (non-hydrogen) atoms. The number of nitrogens with one attached hydrogen (secondary N) is 1. The van der Waals surface area contributed by atoms with Crippen LogP contribution in [0.4, 0.5) is 4.39 Å². The van der Waals surface area contributed by atoms with Crippen molar-refractivity contribution < 1.29 is 18.4 Å². The highest BCUT2D eigenvalue weighted by molar-refractivity contribution is 5.92. The van der Waals surface area contributed by atoms with Crippen LogP contribution < -0.4 is 5.32 Å². The molecule has 8 heteroatoms. The topological polar surface area (TPSA) is 82.2 Å². The number of halogens is 1. The number of rotatable bonds is 5. The summed E-state index contributed by atoms with van der Waals surface area (Å²) in [6.07, 6.45) is 0.430. The van der Waals surface area contributed by atoms with Gasteiger partial charge in [-0.3, -0.25) is 9.48 Å². The van der Waals surface area contributed by atoms with Crippen molar-refractivity contribution in [3.63, 3.8) is 0 Å². The summed E-state index contributed by atoms with van der Waals surface area (Å²) in [5.74, 6) is 0.259. The van der Waals surface area contributed by atoms with Crippen molar-refractivity contribution in [3.8, 4) is 0 Å². The van der Waals surface area contributed by atoms with E-state index in [0.29, 0.717) is 31.8 Å². The van der Waals surface area contributed by atoms with Crippen LogP contribution in [0.25, 0.3) is 0 Å². The minimum absolute atomic E-state index is 0.219. The van der Waals surface area contributed by atoms with Gasteiger partial charge in [-0.05, 0) is 44.0 Å². The number of benzene rings is 1. The van der Waals surface area contributed by atoms with Gasteiger partial charge in [-0.1, -0.05) is 17.3 Å². The van der Waals surface area contributed by atoms with Crippen LogP contribution in [0.2, 0.25) is 0 Å². The van der Waals surface area contributed by atoms with E-state index in [9.17, 15) is 9.18 Å². The molecule has 1 aliphatic heterocycles. The van der Waals surface area contributed by atoms with Gasteiger partial charge < -0.3 is 14.6 Å². The first kappa shape index (κ1) is 18.4. The number of ether oxygens (including phenoxy) is 1. The highest BCUT2D eigenvalue weighted by atomic mass is 19.1. The van der Waals surface area contributed by atoms with Crippen LogP contribution in [-0.2, 0) is 24.3 Å². The van der Waals surface area contributed by atoms with E-state index in [1.165, 1.54) is 12.1 Å². The molecule has 0 radical (unpaired) electrons. The lowest BCUT2D eigenvalue weighted by Gasteiger charge is -2.24. The molecule has 1 N–H and O–H groups in total. The summed E-state index contributed by atoms with van der Waals surface area (Å²) in [5, 5.41) is 11.2. The molecule has 146 valence electrons. The number of aryl methyl sites for hydroxylation is 2. The lowest BCUT2D eigenvalue weighted by atomic mass is 10.1. The summed E-state index contributed by atoms with van der Waals surface area (Å²) < 4.78 is 25.9. The summed E-state index contributed by atoms with van der Waals surface area (Å²) >= 11 is 0. The highest BCUT2D eigenvalue weighted by Crippen LogP contribution is 2.26. The van der Waals surface area contributed by atoms with Gasteiger partial charge in [0.05, 0.1) is 24.5 Å². The van der Waals surface area contributed by atoms with Gasteiger partial charge in [0.1, 0.15) is 17.7 Å². The van der Waals surface area contributed by atoms with Crippen molar-refractivity contribution in [2.24, 2.45) is 0 Å². The Morgan fingerprint density at radius 2 is 2.11 bits per heavy atom. The predicted molar refractivity (Wildman–Crippen MR) is 98.2 cm³/mol. The van der Waals surface area contributed by atoms with Gasteiger partial charge in [0.15, 0.2) is 5.69 Å². The molecule has 0 spiro atoms. The third-order valence-electron chi connectivity index (χ3n) is 4.95. The second-order valence-electron chi connectivity index (χ2n) is 6.86. The standard InChI is InChI=1S/C20H21FN4O3/c1-12-17(13(2)28-24-12)7-8-22-20(26)18-9-16-11-27-19(10-25(16)23-18)14-3-5-15(21)6-4-14/h3-6,9,19H,7-8,10-11H2,1-2H3,(H,22,26)/t19-/m1/s1. The average Bonchev–Trinajstić information content (AvgIpc) is 3.26. The third kappa shape index (κ3) is 3.68. The monoisotopic (exact) mass is 384 g/mol. The zero-order valence-electron chi connectivity index (χ0n) is 15.7. The van der Waals surface area contributed by atoms with Crippen molar-refractivity contribution >= 4 is 5.91 Å². The number of amides is 1. The predicted octanol–water partition coefficient (Wildman–Crippen LogP) is 2.87. The van der Waals surface area contributed by atoms with Crippen molar-refractivity contribution in [2.45, 2.75) is 39.5 Å². The zero-order chi connectivity index (χ0) is 19.7. The maximum absolute atomic E-state index is 13.1. The molecule has 0 bridgehead atoms. The SMILES string of the molecule is Cc1noc(C)c1CCNC(=O)c1cc2n(n1)C[C@H](c1ccc(F)cc1)OC2. The fourth-order valence-electron chi connectivity index (χ4n) is 3.37. The molecule has 1 aliphatic rings. The number of carbonyl (C=O) groups is 1.